The fourth-order valence-corrected chi connectivity index (χ4v) is 3.72. The van der Waals surface area contributed by atoms with Gasteiger partial charge >= 0.3 is 0 Å². The van der Waals surface area contributed by atoms with E-state index in [-0.39, 0.29) is 0 Å². The Kier molecular flexibility index (Phi) is 6.53. The second-order valence-electron chi connectivity index (χ2n) is 6.60. The van der Waals surface area contributed by atoms with Crippen LogP contribution in [0.15, 0.2) is 12.1 Å². The van der Waals surface area contributed by atoms with Gasteiger partial charge in [-0.3, -0.25) is 0 Å². The second-order valence-corrected chi connectivity index (χ2v) is 7.85. The van der Waals surface area contributed by atoms with E-state index in [0.29, 0.717) is 12.0 Å². The van der Waals surface area contributed by atoms with Crippen LogP contribution in [0.25, 0.3) is 0 Å². The monoisotopic (exact) mass is 295 g/mol. The molecule has 2 nitrogen and oxygen atoms in total. The fraction of sp³-hybridized carbons (Fsp3) is 0.765. The lowest BCUT2D eigenvalue weighted by Gasteiger charge is -2.26. The summed E-state index contributed by atoms with van der Waals surface area (Å²) in [5.74, 6) is 1.55. The Hall–Kier alpha value is -0.380. The summed E-state index contributed by atoms with van der Waals surface area (Å²) in [4.78, 5) is 2.78. The Morgan fingerprint density at radius 2 is 2.10 bits per heavy atom. The third-order valence-corrected chi connectivity index (χ3v) is 4.98. The molecule has 1 aliphatic rings. The minimum Gasteiger partial charge on any atom is -0.373 e. The van der Waals surface area contributed by atoms with Crippen molar-refractivity contribution in [2.24, 2.45) is 11.8 Å². The van der Waals surface area contributed by atoms with Gasteiger partial charge in [0.15, 0.2) is 0 Å². The Balaban J connectivity index is 1.69. The van der Waals surface area contributed by atoms with Crippen LogP contribution in [-0.4, -0.2) is 12.6 Å². The molecule has 1 N–H and O–H groups in total. The van der Waals surface area contributed by atoms with Gasteiger partial charge in [-0.15, -0.1) is 11.3 Å². The number of thiophene rings is 1. The summed E-state index contributed by atoms with van der Waals surface area (Å²) < 4.78 is 6.09. The average molecular weight is 295 g/mol. The zero-order valence-electron chi connectivity index (χ0n) is 13.2. The van der Waals surface area contributed by atoms with Gasteiger partial charge < -0.3 is 10.1 Å². The van der Waals surface area contributed by atoms with Crippen LogP contribution in [0.5, 0.6) is 0 Å². The third-order valence-electron chi connectivity index (χ3n) is 3.92. The van der Waals surface area contributed by atoms with Crippen LogP contribution in [0.4, 0.5) is 0 Å². The molecule has 3 heteroatoms. The smallest absolute Gasteiger partial charge is 0.0813 e. The van der Waals surface area contributed by atoms with Gasteiger partial charge in [-0.05, 0) is 43.4 Å². The molecule has 20 heavy (non-hydrogen) atoms. The third kappa shape index (κ3) is 5.55. The van der Waals surface area contributed by atoms with Gasteiger partial charge in [0.2, 0.25) is 0 Å². The highest BCUT2D eigenvalue weighted by Gasteiger charge is 2.19. The average Bonchev–Trinajstić information content (AvgIpc) is 2.84. The summed E-state index contributed by atoms with van der Waals surface area (Å²) in [7, 11) is 0. The molecular formula is C17H29NOS. The summed E-state index contributed by atoms with van der Waals surface area (Å²) in [5.41, 5.74) is 0. The van der Waals surface area contributed by atoms with Crippen LogP contribution < -0.4 is 5.32 Å². The van der Waals surface area contributed by atoms with E-state index >= 15 is 0 Å². The van der Waals surface area contributed by atoms with Crippen molar-refractivity contribution in [2.45, 2.75) is 65.7 Å². The zero-order valence-corrected chi connectivity index (χ0v) is 14.0. The van der Waals surface area contributed by atoms with Gasteiger partial charge in [0.05, 0.1) is 12.7 Å². The van der Waals surface area contributed by atoms with Crippen molar-refractivity contribution in [1.82, 2.24) is 5.32 Å². The summed E-state index contributed by atoms with van der Waals surface area (Å²) in [6.45, 7) is 9.70. The van der Waals surface area contributed by atoms with Gasteiger partial charge in [-0.1, -0.05) is 33.6 Å². The first-order chi connectivity index (χ1) is 9.63. The van der Waals surface area contributed by atoms with Crippen LogP contribution in [0, 0.1) is 11.8 Å². The molecule has 1 heterocycles. The van der Waals surface area contributed by atoms with E-state index in [1.54, 1.807) is 0 Å². The minimum absolute atomic E-state index is 0.489. The summed E-state index contributed by atoms with van der Waals surface area (Å²) in [6, 6.07) is 4.46. The molecule has 1 saturated carbocycles. The molecule has 2 unspecified atom stereocenters. The molecule has 0 saturated heterocycles. The standard InChI is InChI=1S/C17H29NOS/c1-13(2)10-18-11-16-7-8-17(20-16)12-19-15-6-4-5-14(3)9-15/h7-8,13-15,18H,4-6,9-12H2,1-3H3. The van der Waals surface area contributed by atoms with Crippen molar-refractivity contribution in [3.63, 3.8) is 0 Å². The molecule has 2 rings (SSSR count). The maximum atomic E-state index is 6.09. The van der Waals surface area contributed by atoms with Crippen LogP contribution in [0.3, 0.4) is 0 Å². The van der Waals surface area contributed by atoms with E-state index in [1.807, 2.05) is 11.3 Å². The van der Waals surface area contributed by atoms with Crippen molar-refractivity contribution in [3.8, 4) is 0 Å². The van der Waals surface area contributed by atoms with Crippen molar-refractivity contribution in [1.29, 1.82) is 0 Å². The molecule has 2 atom stereocenters. The SMILES string of the molecule is CC(C)CNCc1ccc(COC2CCCC(C)C2)s1. The number of rotatable bonds is 7. The molecule has 1 aliphatic carbocycles. The van der Waals surface area contributed by atoms with Crippen molar-refractivity contribution in [2.75, 3.05) is 6.54 Å². The summed E-state index contributed by atoms with van der Waals surface area (Å²) in [5, 5.41) is 3.50. The van der Waals surface area contributed by atoms with E-state index in [2.05, 4.69) is 38.2 Å². The van der Waals surface area contributed by atoms with E-state index < -0.39 is 0 Å². The number of hydrogen-bond donors (Lipinski definition) is 1. The molecule has 114 valence electrons. The Morgan fingerprint density at radius 3 is 2.85 bits per heavy atom. The first-order valence-electron chi connectivity index (χ1n) is 8.03. The zero-order chi connectivity index (χ0) is 14.4. The predicted molar refractivity (Wildman–Crippen MR) is 87.1 cm³/mol. The lowest BCUT2D eigenvalue weighted by molar-refractivity contribution is 0.00591. The molecule has 1 aromatic heterocycles. The number of hydrogen-bond acceptors (Lipinski definition) is 3. The molecule has 0 aromatic carbocycles. The molecule has 0 bridgehead atoms. The topological polar surface area (TPSA) is 21.3 Å². The van der Waals surface area contributed by atoms with Gasteiger partial charge in [-0.2, -0.15) is 0 Å². The molecule has 0 spiro atoms. The van der Waals surface area contributed by atoms with Crippen LogP contribution in [0.2, 0.25) is 0 Å². The maximum absolute atomic E-state index is 6.09. The summed E-state index contributed by atoms with van der Waals surface area (Å²) in [6.07, 6.45) is 5.70. The molecular weight excluding hydrogens is 266 g/mol. The van der Waals surface area contributed by atoms with Crippen molar-refractivity contribution in [3.05, 3.63) is 21.9 Å². The highest BCUT2D eigenvalue weighted by molar-refractivity contribution is 7.11. The predicted octanol–water partition coefficient (Wildman–Crippen LogP) is 4.59. The lowest BCUT2D eigenvalue weighted by atomic mass is 9.89. The minimum atomic E-state index is 0.489. The normalized spacial score (nSPS) is 23.4. The van der Waals surface area contributed by atoms with E-state index in [9.17, 15) is 0 Å². The van der Waals surface area contributed by atoms with Gasteiger partial charge in [0.1, 0.15) is 0 Å². The molecule has 0 amide bonds. The van der Waals surface area contributed by atoms with Crippen molar-refractivity contribution >= 4 is 11.3 Å². The van der Waals surface area contributed by atoms with Crippen LogP contribution >= 0.6 is 11.3 Å². The Morgan fingerprint density at radius 1 is 1.30 bits per heavy atom. The number of ether oxygens (including phenoxy) is 1. The highest BCUT2D eigenvalue weighted by atomic mass is 32.1. The molecule has 1 fully saturated rings. The second kappa shape index (κ2) is 8.16. The van der Waals surface area contributed by atoms with E-state index in [0.717, 1.165) is 25.6 Å². The first kappa shape index (κ1) is 16.0. The largest absolute Gasteiger partial charge is 0.373 e. The van der Waals surface area contributed by atoms with E-state index in [1.165, 1.54) is 35.4 Å². The lowest BCUT2D eigenvalue weighted by Crippen LogP contribution is -2.21. The summed E-state index contributed by atoms with van der Waals surface area (Å²) >= 11 is 1.89. The highest BCUT2D eigenvalue weighted by Crippen LogP contribution is 2.27. The molecule has 0 radical (unpaired) electrons. The first-order valence-corrected chi connectivity index (χ1v) is 8.85. The quantitative estimate of drug-likeness (QED) is 0.794. The van der Waals surface area contributed by atoms with Crippen molar-refractivity contribution < 1.29 is 4.74 Å². The van der Waals surface area contributed by atoms with Gasteiger partial charge in [0.25, 0.3) is 0 Å². The van der Waals surface area contributed by atoms with Gasteiger partial charge in [0, 0.05) is 16.3 Å². The maximum Gasteiger partial charge on any atom is 0.0813 e. The molecule has 1 aromatic rings. The fourth-order valence-electron chi connectivity index (χ4n) is 2.81. The van der Waals surface area contributed by atoms with Gasteiger partial charge in [-0.25, -0.2) is 0 Å². The molecule has 0 aliphatic heterocycles. The van der Waals surface area contributed by atoms with E-state index in [4.69, 9.17) is 4.74 Å². The number of nitrogens with one attached hydrogen (secondary N) is 1. The Bertz CT molecular complexity index is 388. The Labute approximate surface area is 127 Å². The van der Waals surface area contributed by atoms with Crippen LogP contribution in [0.1, 0.15) is 56.2 Å². The van der Waals surface area contributed by atoms with Crippen LogP contribution in [-0.2, 0) is 17.9 Å².